The minimum absolute atomic E-state index is 0.0748. The third-order valence-corrected chi connectivity index (χ3v) is 3.25. The summed E-state index contributed by atoms with van der Waals surface area (Å²) in [5.74, 6) is -1.56. The molecule has 1 N–H and O–H groups in total. The molecule has 1 aromatic carbocycles. The zero-order valence-electron chi connectivity index (χ0n) is 9.90. The van der Waals surface area contributed by atoms with Crippen LogP contribution in [0.1, 0.15) is 17.2 Å². The number of ether oxygens (including phenoxy) is 1. The van der Waals surface area contributed by atoms with Gasteiger partial charge in [0, 0.05) is 11.8 Å². The predicted octanol–water partition coefficient (Wildman–Crippen LogP) is 3.21. The minimum Gasteiger partial charge on any atom is -0.481 e. The summed E-state index contributed by atoms with van der Waals surface area (Å²) in [4.78, 5) is 3.89. The van der Waals surface area contributed by atoms with Crippen LogP contribution in [0, 0.1) is 11.6 Å². The Hall–Kier alpha value is -1.53. The van der Waals surface area contributed by atoms with Gasteiger partial charge in [-0.15, -0.1) is 0 Å². The molecule has 0 bridgehead atoms. The fourth-order valence-electron chi connectivity index (χ4n) is 1.73. The molecule has 0 radical (unpaired) electrons. The predicted molar refractivity (Wildman–Crippen MR) is 68.9 cm³/mol. The Balaban J connectivity index is 2.56. The Morgan fingerprint density at radius 1 is 1.32 bits per heavy atom. The number of aromatic nitrogens is 1. The van der Waals surface area contributed by atoms with Gasteiger partial charge >= 0.3 is 0 Å². The van der Waals surface area contributed by atoms with Crippen LogP contribution in [0.5, 0.6) is 5.88 Å². The zero-order chi connectivity index (χ0) is 14.0. The summed E-state index contributed by atoms with van der Waals surface area (Å²) in [5.41, 5.74) is -0.249. The van der Waals surface area contributed by atoms with E-state index < -0.39 is 23.3 Å². The maximum Gasteiger partial charge on any atom is 0.219 e. The number of aliphatic hydroxyl groups excluding tert-OH is 1. The molecule has 1 unspecified atom stereocenters. The highest BCUT2D eigenvalue weighted by molar-refractivity contribution is 9.10. The number of aliphatic hydroxyl groups is 1. The second-order valence-corrected chi connectivity index (χ2v) is 4.62. The van der Waals surface area contributed by atoms with Gasteiger partial charge in [-0.05, 0) is 40.2 Å². The number of pyridine rings is 1. The first-order valence-electron chi connectivity index (χ1n) is 5.36. The van der Waals surface area contributed by atoms with Gasteiger partial charge in [0.05, 0.1) is 17.1 Å². The van der Waals surface area contributed by atoms with Crippen molar-refractivity contribution < 1.29 is 18.6 Å². The van der Waals surface area contributed by atoms with Gasteiger partial charge in [-0.2, -0.15) is 0 Å². The third kappa shape index (κ3) is 2.59. The molecule has 0 saturated carbocycles. The van der Waals surface area contributed by atoms with Crippen molar-refractivity contribution in [2.24, 2.45) is 0 Å². The second kappa shape index (κ2) is 5.63. The number of nitrogens with zero attached hydrogens (tertiary/aromatic N) is 1. The van der Waals surface area contributed by atoms with Crippen LogP contribution < -0.4 is 4.74 Å². The highest BCUT2D eigenvalue weighted by atomic mass is 79.9. The lowest BCUT2D eigenvalue weighted by molar-refractivity contribution is 0.202. The van der Waals surface area contributed by atoms with Crippen molar-refractivity contribution in [2.75, 3.05) is 7.11 Å². The fourth-order valence-corrected chi connectivity index (χ4v) is 2.08. The molecule has 1 heterocycles. The van der Waals surface area contributed by atoms with E-state index in [-0.39, 0.29) is 15.9 Å². The van der Waals surface area contributed by atoms with E-state index in [9.17, 15) is 13.9 Å². The summed E-state index contributed by atoms with van der Waals surface area (Å²) in [5, 5.41) is 10.2. The summed E-state index contributed by atoms with van der Waals surface area (Å²) in [7, 11) is 1.37. The van der Waals surface area contributed by atoms with Crippen molar-refractivity contribution in [1.29, 1.82) is 0 Å². The molecule has 0 amide bonds. The summed E-state index contributed by atoms with van der Waals surface area (Å²) in [6.45, 7) is 0. The van der Waals surface area contributed by atoms with Crippen molar-refractivity contribution in [1.82, 2.24) is 4.98 Å². The Morgan fingerprint density at radius 3 is 2.74 bits per heavy atom. The highest BCUT2D eigenvalue weighted by Crippen LogP contribution is 2.33. The standard InChI is InChI=1S/C13H10BrF2NO2/c1-19-13-7(3-2-6-17-13)12(18)10-9(15)5-4-8(14)11(10)16/h2-6,12,18H,1H3. The van der Waals surface area contributed by atoms with E-state index in [0.29, 0.717) is 0 Å². The first kappa shape index (κ1) is 13.9. The molecule has 100 valence electrons. The van der Waals surface area contributed by atoms with Crippen molar-refractivity contribution in [3.05, 3.63) is 57.7 Å². The van der Waals surface area contributed by atoms with Gasteiger partial charge in [0.1, 0.15) is 17.7 Å². The highest BCUT2D eigenvalue weighted by Gasteiger charge is 2.24. The Morgan fingerprint density at radius 2 is 2.05 bits per heavy atom. The molecule has 1 atom stereocenters. The summed E-state index contributed by atoms with van der Waals surface area (Å²) in [6.07, 6.45) is -0.0379. The SMILES string of the molecule is COc1ncccc1C(O)c1c(F)ccc(Br)c1F. The van der Waals surface area contributed by atoms with Crippen LogP contribution in [0.25, 0.3) is 0 Å². The number of rotatable bonds is 3. The van der Waals surface area contributed by atoms with Crippen LogP contribution in [-0.4, -0.2) is 17.2 Å². The summed E-state index contributed by atoms with van der Waals surface area (Å²) >= 11 is 2.96. The second-order valence-electron chi connectivity index (χ2n) is 3.76. The maximum absolute atomic E-state index is 13.9. The van der Waals surface area contributed by atoms with E-state index in [0.717, 1.165) is 6.07 Å². The smallest absolute Gasteiger partial charge is 0.219 e. The van der Waals surface area contributed by atoms with E-state index in [1.54, 1.807) is 6.07 Å². The number of hydrogen-bond acceptors (Lipinski definition) is 3. The van der Waals surface area contributed by atoms with Crippen LogP contribution in [0.3, 0.4) is 0 Å². The van der Waals surface area contributed by atoms with Gasteiger partial charge in [0.15, 0.2) is 0 Å². The summed E-state index contributed by atoms with van der Waals surface area (Å²) in [6, 6.07) is 5.36. The molecule has 1 aromatic heterocycles. The van der Waals surface area contributed by atoms with Crippen molar-refractivity contribution >= 4 is 15.9 Å². The lowest BCUT2D eigenvalue weighted by Gasteiger charge is -2.16. The number of benzene rings is 1. The molecule has 0 spiro atoms. The Kier molecular flexibility index (Phi) is 4.11. The molecule has 2 aromatic rings. The topological polar surface area (TPSA) is 42.4 Å². The van der Waals surface area contributed by atoms with Crippen LogP contribution >= 0.6 is 15.9 Å². The van der Waals surface area contributed by atoms with Gasteiger partial charge in [0.25, 0.3) is 0 Å². The summed E-state index contributed by atoms with van der Waals surface area (Å²) < 4.78 is 32.7. The molecule has 2 rings (SSSR count). The van der Waals surface area contributed by atoms with Crippen LogP contribution in [-0.2, 0) is 0 Å². The van der Waals surface area contributed by atoms with Gasteiger partial charge in [-0.3, -0.25) is 0 Å². The number of hydrogen-bond donors (Lipinski definition) is 1. The van der Waals surface area contributed by atoms with Gasteiger partial charge in [0.2, 0.25) is 5.88 Å². The van der Waals surface area contributed by atoms with Crippen molar-refractivity contribution in [2.45, 2.75) is 6.10 Å². The molecule has 0 saturated heterocycles. The van der Waals surface area contributed by atoms with Crippen molar-refractivity contribution in [3.63, 3.8) is 0 Å². The van der Waals surface area contributed by atoms with Crippen LogP contribution in [0.2, 0.25) is 0 Å². The van der Waals surface area contributed by atoms with E-state index in [1.165, 1.54) is 25.4 Å². The van der Waals surface area contributed by atoms with E-state index in [4.69, 9.17) is 4.74 Å². The quantitative estimate of drug-likeness (QED) is 0.879. The molecule has 0 aliphatic rings. The van der Waals surface area contributed by atoms with Crippen molar-refractivity contribution in [3.8, 4) is 5.88 Å². The minimum atomic E-state index is -1.50. The zero-order valence-corrected chi connectivity index (χ0v) is 11.5. The average molecular weight is 330 g/mol. The molecule has 6 heteroatoms. The lowest BCUT2D eigenvalue weighted by atomic mass is 10.0. The monoisotopic (exact) mass is 329 g/mol. The van der Waals surface area contributed by atoms with Crippen LogP contribution in [0.4, 0.5) is 8.78 Å². The lowest BCUT2D eigenvalue weighted by Crippen LogP contribution is -2.08. The van der Waals surface area contributed by atoms with Gasteiger partial charge in [-0.1, -0.05) is 0 Å². The number of methoxy groups -OCH3 is 1. The molecular formula is C13H10BrF2NO2. The molecule has 0 aliphatic carbocycles. The first-order valence-corrected chi connectivity index (χ1v) is 6.16. The molecule has 3 nitrogen and oxygen atoms in total. The molecule has 19 heavy (non-hydrogen) atoms. The largest absolute Gasteiger partial charge is 0.481 e. The maximum atomic E-state index is 13.9. The van der Waals surface area contributed by atoms with Gasteiger partial charge in [-0.25, -0.2) is 13.8 Å². The number of halogens is 3. The Bertz CT molecular complexity index is 607. The fraction of sp³-hybridized carbons (Fsp3) is 0.154. The molecule has 0 aliphatic heterocycles. The van der Waals surface area contributed by atoms with E-state index in [2.05, 4.69) is 20.9 Å². The normalized spacial score (nSPS) is 12.3. The Labute approximate surface area is 117 Å². The average Bonchev–Trinajstić information content (AvgIpc) is 2.43. The van der Waals surface area contributed by atoms with Crippen LogP contribution in [0.15, 0.2) is 34.9 Å². The molecular weight excluding hydrogens is 320 g/mol. The van der Waals surface area contributed by atoms with E-state index >= 15 is 0 Å². The first-order chi connectivity index (χ1) is 9.06. The van der Waals surface area contributed by atoms with Gasteiger partial charge < -0.3 is 9.84 Å². The molecule has 0 fully saturated rings. The van der Waals surface area contributed by atoms with E-state index in [1.807, 2.05) is 0 Å². The third-order valence-electron chi connectivity index (χ3n) is 2.64.